The summed E-state index contributed by atoms with van der Waals surface area (Å²) < 4.78 is 8.34. The van der Waals surface area contributed by atoms with Crippen molar-refractivity contribution in [1.82, 2.24) is 9.78 Å². The van der Waals surface area contributed by atoms with Gasteiger partial charge in [-0.1, -0.05) is 41.1 Å². The summed E-state index contributed by atoms with van der Waals surface area (Å²) in [6, 6.07) is 11.1. The molecule has 1 fully saturated rings. The van der Waals surface area contributed by atoms with Crippen LogP contribution in [0.4, 0.5) is 5.69 Å². The van der Waals surface area contributed by atoms with Crippen molar-refractivity contribution in [2.45, 2.75) is 42.6 Å². The van der Waals surface area contributed by atoms with Crippen LogP contribution in [0.5, 0.6) is 5.75 Å². The third kappa shape index (κ3) is 4.59. The predicted octanol–water partition coefficient (Wildman–Crippen LogP) is 6.51. The normalized spacial score (nSPS) is 20.1. The van der Waals surface area contributed by atoms with Crippen molar-refractivity contribution in [1.29, 1.82) is 0 Å². The van der Waals surface area contributed by atoms with E-state index >= 15 is 0 Å². The summed E-state index contributed by atoms with van der Waals surface area (Å²) in [7, 11) is 1.60. The molecule has 0 bridgehead atoms. The highest BCUT2D eigenvalue weighted by atomic mass is 127. The van der Waals surface area contributed by atoms with Gasteiger partial charge < -0.3 is 10.1 Å². The van der Waals surface area contributed by atoms with Crippen LogP contribution in [-0.2, 0) is 0 Å². The highest BCUT2D eigenvalue weighted by Gasteiger charge is 2.25. The van der Waals surface area contributed by atoms with Crippen LogP contribution >= 0.6 is 34.2 Å². The second kappa shape index (κ2) is 9.14. The van der Waals surface area contributed by atoms with Crippen LogP contribution in [0.2, 0.25) is 5.02 Å². The van der Waals surface area contributed by atoms with E-state index in [2.05, 4.69) is 45.7 Å². The van der Waals surface area contributed by atoms with Crippen LogP contribution in [0.1, 0.15) is 49.0 Å². The van der Waals surface area contributed by atoms with Crippen LogP contribution in [0.15, 0.2) is 42.6 Å². The van der Waals surface area contributed by atoms with Crippen LogP contribution in [-0.4, -0.2) is 26.7 Å². The Morgan fingerprint density at radius 3 is 2.57 bits per heavy atom. The molecule has 1 aliphatic carbocycles. The van der Waals surface area contributed by atoms with Gasteiger partial charge in [0.05, 0.1) is 24.4 Å². The SMILES string of the molecule is COc1cc2nn([C@H]3CC[C@H](C(C)I)CC3)cc2cc1NC(=O)c1ccc(Cl)cc1. The number of rotatable bonds is 5. The van der Waals surface area contributed by atoms with Gasteiger partial charge in [0.15, 0.2) is 0 Å². The number of halogens is 2. The number of carbonyl (C=O) groups is 1. The van der Waals surface area contributed by atoms with E-state index in [1.807, 2.05) is 12.1 Å². The number of carbonyl (C=O) groups excluding carboxylic acids is 1. The summed E-state index contributed by atoms with van der Waals surface area (Å²) in [6.45, 7) is 2.31. The van der Waals surface area contributed by atoms with Gasteiger partial charge in [0.1, 0.15) is 5.75 Å². The van der Waals surface area contributed by atoms with E-state index in [1.165, 1.54) is 12.8 Å². The number of nitrogens with one attached hydrogen (secondary N) is 1. The third-order valence-corrected chi connectivity index (χ3v) is 7.23. The minimum Gasteiger partial charge on any atom is -0.494 e. The molecule has 1 amide bonds. The molecule has 1 N–H and O–H groups in total. The van der Waals surface area contributed by atoms with Crippen molar-refractivity contribution in [3.05, 3.63) is 53.2 Å². The molecule has 3 aromatic rings. The average Bonchev–Trinajstić information content (AvgIpc) is 3.16. The number of anilines is 1. The smallest absolute Gasteiger partial charge is 0.255 e. The van der Waals surface area contributed by atoms with Crippen molar-refractivity contribution in [2.75, 3.05) is 12.4 Å². The molecule has 0 spiro atoms. The Hall–Kier alpha value is -1.80. The van der Waals surface area contributed by atoms with E-state index in [0.29, 0.717) is 28.1 Å². The Kier molecular flexibility index (Phi) is 6.53. The first kappa shape index (κ1) is 21.4. The van der Waals surface area contributed by atoms with Gasteiger partial charge in [0.2, 0.25) is 0 Å². The molecule has 2 aromatic carbocycles. The molecule has 1 aliphatic rings. The Morgan fingerprint density at radius 2 is 1.93 bits per heavy atom. The van der Waals surface area contributed by atoms with Gasteiger partial charge in [-0.25, -0.2) is 0 Å². The fraction of sp³-hybridized carbons (Fsp3) is 0.391. The zero-order valence-electron chi connectivity index (χ0n) is 17.1. The molecule has 1 saturated carbocycles. The number of benzene rings is 2. The largest absolute Gasteiger partial charge is 0.494 e. The Bertz CT molecular complexity index is 1040. The fourth-order valence-electron chi connectivity index (χ4n) is 4.15. The van der Waals surface area contributed by atoms with E-state index in [-0.39, 0.29) is 5.91 Å². The monoisotopic (exact) mass is 537 g/mol. The Labute approximate surface area is 195 Å². The second-order valence-electron chi connectivity index (χ2n) is 7.93. The van der Waals surface area contributed by atoms with E-state index in [4.69, 9.17) is 21.4 Å². The highest BCUT2D eigenvalue weighted by Crippen LogP contribution is 2.37. The fourth-order valence-corrected chi connectivity index (χ4v) is 4.99. The van der Waals surface area contributed by atoms with Crippen molar-refractivity contribution >= 4 is 56.7 Å². The van der Waals surface area contributed by atoms with Crippen molar-refractivity contribution in [3.63, 3.8) is 0 Å². The zero-order chi connectivity index (χ0) is 21.3. The molecule has 158 valence electrons. The first-order valence-electron chi connectivity index (χ1n) is 10.2. The standard InChI is InChI=1S/C23H25ClIN3O2/c1-14(25)15-5-9-19(10-6-15)28-13-17-11-21(22(30-2)12-20(17)27-28)26-23(29)16-3-7-18(24)8-4-16/h3-4,7-8,11-15,19H,5-6,9-10H2,1-2H3,(H,26,29)/t14?,15-,19-. The molecular formula is C23H25ClIN3O2. The number of methoxy groups -OCH3 is 1. The first-order chi connectivity index (χ1) is 14.4. The van der Waals surface area contributed by atoms with E-state index in [0.717, 1.165) is 33.6 Å². The number of hydrogen-bond acceptors (Lipinski definition) is 3. The van der Waals surface area contributed by atoms with Crippen molar-refractivity contribution in [3.8, 4) is 5.75 Å². The van der Waals surface area contributed by atoms with Gasteiger partial charge >= 0.3 is 0 Å². The Balaban J connectivity index is 1.56. The summed E-state index contributed by atoms with van der Waals surface area (Å²) in [5, 5.41) is 9.35. The average molecular weight is 538 g/mol. The molecule has 0 saturated heterocycles. The maximum absolute atomic E-state index is 12.6. The summed E-state index contributed by atoms with van der Waals surface area (Å²) in [6.07, 6.45) is 6.89. The quantitative estimate of drug-likeness (QED) is 0.298. The van der Waals surface area contributed by atoms with Crippen LogP contribution in [0, 0.1) is 5.92 Å². The Morgan fingerprint density at radius 1 is 1.23 bits per heavy atom. The van der Waals surface area contributed by atoms with Gasteiger partial charge in [0.25, 0.3) is 5.91 Å². The molecular weight excluding hydrogens is 513 g/mol. The topological polar surface area (TPSA) is 56.1 Å². The van der Waals surface area contributed by atoms with Crippen LogP contribution in [0.3, 0.4) is 0 Å². The highest BCUT2D eigenvalue weighted by molar-refractivity contribution is 14.1. The summed E-state index contributed by atoms with van der Waals surface area (Å²) >= 11 is 8.46. The molecule has 1 atom stereocenters. The number of alkyl halides is 1. The van der Waals surface area contributed by atoms with Crippen LogP contribution in [0.25, 0.3) is 10.9 Å². The molecule has 1 heterocycles. The lowest BCUT2D eigenvalue weighted by molar-refractivity contribution is 0.102. The summed E-state index contributed by atoms with van der Waals surface area (Å²) in [4.78, 5) is 12.6. The van der Waals surface area contributed by atoms with E-state index < -0.39 is 0 Å². The van der Waals surface area contributed by atoms with E-state index in [9.17, 15) is 4.79 Å². The molecule has 7 heteroatoms. The first-order valence-corrected chi connectivity index (χ1v) is 11.8. The molecule has 1 unspecified atom stereocenters. The minimum atomic E-state index is -0.206. The number of amides is 1. The van der Waals surface area contributed by atoms with Crippen LogP contribution < -0.4 is 10.1 Å². The third-order valence-electron chi connectivity index (χ3n) is 5.96. The van der Waals surface area contributed by atoms with Crippen molar-refractivity contribution < 1.29 is 9.53 Å². The molecule has 4 rings (SSSR count). The number of ether oxygens (including phenoxy) is 1. The molecule has 30 heavy (non-hydrogen) atoms. The van der Waals surface area contributed by atoms with Crippen molar-refractivity contribution in [2.24, 2.45) is 5.92 Å². The number of aromatic nitrogens is 2. The molecule has 0 radical (unpaired) electrons. The maximum Gasteiger partial charge on any atom is 0.255 e. The molecule has 0 aliphatic heterocycles. The van der Waals surface area contributed by atoms with Gasteiger partial charge in [-0.05, 0) is 61.9 Å². The number of fused-ring (bicyclic) bond motifs is 1. The predicted molar refractivity (Wildman–Crippen MR) is 130 cm³/mol. The molecule has 1 aromatic heterocycles. The minimum absolute atomic E-state index is 0.206. The lowest BCUT2D eigenvalue weighted by Crippen LogP contribution is -2.22. The van der Waals surface area contributed by atoms with Gasteiger partial charge in [-0.2, -0.15) is 5.10 Å². The second-order valence-corrected chi connectivity index (χ2v) is 10.3. The number of nitrogens with zero attached hydrogens (tertiary/aromatic N) is 2. The summed E-state index contributed by atoms with van der Waals surface area (Å²) in [5.74, 6) is 1.20. The van der Waals surface area contributed by atoms with Gasteiger partial charge in [0, 0.05) is 32.2 Å². The van der Waals surface area contributed by atoms with E-state index in [1.54, 1.807) is 31.4 Å². The lowest BCUT2D eigenvalue weighted by atomic mass is 9.84. The number of hydrogen-bond donors (Lipinski definition) is 1. The summed E-state index contributed by atoms with van der Waals surface area (Å²) in [5.41, 5.74) is 2.05. The van der Waals surface area contributed by atoms with Gasteiger partial charge in [-0.3, -0.25) is 9.48 Å². The zero-order valence-corrected chi connectivity index (χ0v) is 20.0. The maximum atomic E-state index is 12.6. The molecule has 5 nitrogen and oxygen atoms in total. The lowest BCUT2D eigenvalue weighted by Gasteiger charge is -2.30. The van der Waals surface area contributed by atoms with Gasteiger partial charge in [-0.15, -0.1) is 0 Å².